The lowest BCUT2D eigenvalue weighted by Gasteiger charge is -2.10. The van der Waals surface area contributed by atoms with E-state index in [1.54, 1.807) is 12.1 Å². The van der Waals surface area contributed by atoms with Crippen LogP contribution in [0.5, 0.6) is 0 Å². The van der Waals surface area contributed by atoms with Crippen molar-refractivity contribution in [3.05, 3.63) is 69.9 Å². The van der Waals surface area contributed by atoms with Crippen molar-refractivity contribution >= 4 is 33.3 Å². The highest BCUT2D eigenvalue weighted by atomic mass is 79.9. The van der Waals surface area contributed by atoms with Crippen LogP contribution in [0.4, 0.5) is 4.39 Å². The maximum atomic E-state index is 13.0. The van der Waals surface area contributed by atoms with Crippen molar-refractivity contribution in [3.63, 3.8) is 0 Å². The quantitative estimate of drug-likeness (QED) is 0.587. The molecule has 0 fully saturated rings. The lowest BCUT2D eigenvalue weighted by Crippen LogP contribution is -2.08. The Morgan fingerprint density at radius 2 is 1.83 bits per heavy atom. The molecule has 2 aromatic rings. The number of rotatable bonds is 3. The third-order valence-corrected chi connectivity index (χ3v) is 3.63. The lowest BCUT2D eigenvalue weighted by atomic mass is 10.0. The number of hydrogen-bond donors (Lipinski definition) is 0. The highest BCUT2D eigenvalue weighted by molar-refractivity contribution is 9.10. The van der Waals surface area contributed by atoms with Gasteiger partial charge in [-0.2, -0.15) is 0 Å². The summed E-state index contributed by atoms with van der Waals surface area (Å²) in [5.74, 6) is -0.654. The summed E-state index contributed by atoms with van der Waals surface area (Å²) in [5.41, 5.74) is 1.10. The molecule has 2 aromatic carbocycles. The van der Waals surface area contributed by atoms with Gasteiger partial charge in [-0.1, -0.05) is 30.3 Å². The fourth-order valence-corrected chi connectivity index (χ4v) is 2.41. The molecule has 2 rings (SSSR count). The van der Waals surface area contributed by atoms with E-state index in [4.69, 9.17) is 11.6 Å². The predicted molar refractivity (Wildman–Crippen MR) is 73.5 cm³/mol. The Morgan fingerprint density at radius 3 is 2.44 bits per heavy atom. The maximum Gasteiger partial charge on any atom is 0.186 e. The van der Waals surface area contributed by atoms with Crippen molar-refractivity contribution in [1.29, 1.82) is 0 Å². The van der Waals surface area contributed by atoms with Gasteiger partial charge in [0.05, 0.1) is 0 Å². The van der Waals surface area contributed by atoms with E-state index >= 15 is 0 Å². The van der Waals surface area contributed by atoms with Gasteiger partial charge in [-0.15, -0.1) is 11.6 Å². The molecule has 0 bridgehead atoms. The normalized spacial score (nSPS) is 12.2. The molecule has 0 N–H and O–H groups in total. The van der Waals surface area contributed by atoms with Crippen LogP contribution >= 0.6 is 27.5 Å². The predicted octanol–water partition coefficient (Wildman–Crippen LogP) is 4.75. The van der Waals surface area contributed by atoms with Gasteiger partial charge in [0.25, 0.3) is 0 Å². The van der Waals surface area contributed by atoms with Crippen LogP contribution in [0.3, 0.4) is 0 Å². The molecule has 0 radical (unpaired) electrons. The summed E-state index contributed by atoms with van der Waals surface area (Å²) >= 11 is 9.31. The molecule has 0 amide bonds. The first-order valence-electron chi connectivity index (χ1n) is 5.28. The molecule has 0 saturated heterocycles. The van der Waals surface area contributed by atoms with Gasteiger partial charge in [0.1, 0.15) is 11.2 Å². The number of alkyl halides is 1. The lowest BCUT2D eigenvalue weighted by molar-refractivity contribution is 0.0986. The van der Waals surface area contributed by atoms with Gasteiger partial charge in [0, 0.05) is 10.0 Å². The summed E-state index contributed by atoms with van der Waals surface area (Å²) in [5, 5.41) is -0.770. The van der Waals surface area contributed by atoms with Gasteiger partial charge in [-0.3, -0.25) is 4.79 Å². The number of carbonyl (C=O) groups is 1. The van der Waals surface area contributed by atoms with Gasteiger partial charge in [-0.05, 0) is 39.7 Å². The van der Waals surface area contributed by atoms with Crippen molar-refractivity contribution in [2.45, 2.75) is 5.38 Å². The Morgan fingerprint density at radius 1 is 1.17 bits per heavy atom. The maximum absolute atomic E-state index is 13.0. The number of carbonyl (C=O) groups excluding carboxylic acids is 1. The molecular weight excluding hydrogens is 319 g/mol. The highest BCUT2D eigenvalue weighted by Crippen LogP contribution is 2.28. The third kappa shape index (κ3) is 2.79. The number of halogens is 3. The zero-order chi connectivity index (χ0) is 13.1. The van der Waals surface area contributed by atoms with Crippen LogP contribution in [0.15, 0.2) is 53.0 Å². The molecule has 1 atom stereocenters. The van der Waals surface area contributed by atoms with Gasteiger partial charge in [0.15, 0.2) is 5.78 Å². The number of benzene rings is 2. The average molecular weight is 328 g/mol. The SMILES string of the molecule is O=C(c1ccc(F)cc1Br)C(Cl)c1ccccc1. The standard InChI is InChI=1S/C14H9BrClFO/c15-12-8-10(17)6-7-11(12)14(18)13(16)9-4-2-1-3-5-9/h1-8,13H. The average Bonchev–Trinajstić information content (AvgIpc) is 2.38. The summed E-state index contributed by atoms with van der Waals surface area (Å²) in [6, 6.07) is 13.0. The van der Waals surface area contributed by atoms with E-state index in [0.29, 0.717) is 10.0 Å². The Labute approximate surface area is 118 Å². The van der Waals surface area contributed by atoms with E-state index in [2.05, 4.69) is 15.9 Å². The minimum atomic E-state index is -0.770. The largest absolute Gasteiger partial charge is 0.292 e. The Kier molecular flexibility index (Phi) is 4.15. The first-order chi connectivity index (χ1) is 8.59. The van der Waals surface area contributed by atoms with E-state index in [9.17, 15) is 9.18 Å². The van der Waals surface area contributed by atoms with E-state index in [1.165, 1.54) is 18.2 Å². The molecule has 0 aliphatic rings. The summed E-state index contributed by atoms with van der Waals surface area (Å²) in [6.07, 6.45) is 0. The monoisotopic (exact) mass is 326 g/mol. The summed E-state index contributed by atoms with van der Waals surface area (Å²) in [4.78, 5) is 12.2. The van der Waals surface area contributed by atoms with Gasteiger partial charge >= 0.3 is 0 Å². The molecule has 0 aliphatic heterocycles. The summed E-state index contributed by atoms with van der Waals surface area (Å²) < 4.78 is 13.4. The summed E-state index contributed by atoms with van der Waals surface area (Å²) in [6.45, 7) is 0. The second kappa shape index (κ2) is 5.63. The van der Waals surface area contributed by atoms with Crippen LogP contribution in [0.1, 0.15) is 21.3 Å². The van der Waals surface area contributed by atoms with Crippen molar-refractivity contribution in [2.75, 3.05) is 0 Å². The first-order valence-corrected chi connectivity index (χ1v) is 6.51. The molecule has 0 spiro atoms. The topological polar surface area (TPSA) is 17.1 Å². The Hall–Kier alpha value is -1.19. The molecule has 0 heterocycles. The summed E-state index contributed by atoms with van der Waals surface area (Å²) in [7, 11) is 0. The zero-order valence-electron chi connectivity index (χ0n) is 9.24. The molecule has 92 valence electrons. The molecule has 0 aliphatic carbocycles. The fourth-order valence-electron chi connectivity index (χ4n) is 1.60. The Bertz CT molecular complexity index is 571. The third-order valence-electron chi connectivity index (χ3n) is 2.52. The van der Waals surface area contributed by atoms with E-state index in [1.807, 2.05) is 18.2 Å². The second-order valence-corrected chi connectivity index (χ2v) is 5.05. The minimum Gasteiger partial charge on any atom is -0.292 e. The smallest absolute Gasteiger partial charge is 0.186 e. The fraction of sp³-hybridized carbons (Fsp3) is 0.0714. The number of hydrogen-bond acceptors (Lipinski definition) is 1. The van der Waals surface area contributed by atoms with Gasteiger partial charge < -0.3 is 0 Å². The number of ketones is 1. The van der Waals surface area contributed by atoms with E-state index < -0.39 is 11.2 Å². The first kappa shape index (κ1) is 13.2. The highest BCUT2D eigenvalue weighted by Gasteiger charge is 2.21. The van der Waals surface area contributed by atoms with Crippen LogP contribution in [0, 0.1) is 5.82 Å². The van der Waals surface area contributed by atoms with Crippen molar-refractivity contribution in [2.24, 2.45) is 0 Å². The van der Waals surface area contributed by atoms with Gasteiger partial charge in [-0.25, -0.2) is 4.39 Å². The molecular formula is C14H9BrClFO. The van der Waals surface area contributed by atoms with Crippen LogP contribution in [-0.4, -0.2) is 5.78 Å². The van der Waals surface area contributed by atoms with Crippen molar-refractivity contribution in [3.8, 4) is 0 Å². The number of Topliss-reactive ketones (excluding diaryl/α,β-unsaturated/α-hetero) is 1. The van der Waals surface area contributed by atoms with Gasteiger partial charge in [0.2, 0.25) is 0 Å². The molecule has 1 unspecified atom stereocenters. The molecule has 18 heavy (non-hydrogen) atoms. The van der Waals surface area contributed by atoms with E-state index in [0.717, 1.165) is 5.56 Å². The van der Waals surface area contributed by atoms with Crippen LogP contribution in [-0.2, 0) is 0 Å². The van der Waals surface area contributed by atoms with Crippen molar-refractivity contribution in [1.82, 2.24) is 0 Å². The van der Waals surface area contributed by atoms with E-state index in [-0.39, 0.29) is 5.78 Å². The van der Waals surface area contributed by atoms with Crippen LogP contribution in [0.25, 0.3) is 0 Å². The molecule has 0 saturated carbocycles. The molecule has 1 nitrogen and oxygen atoms in total. The minimum absolute atomic E-state index is 0.255. The second-order valence-electron chi connectivity index (χ2n) is 3.76. The molecule has 0 aromatic heterocycles. The Balaban J connectivity index is 2.32. The van der Waals surface area contributed by atoms with Crippen LogP contribution in [0.2, 0.25) is 0 Å². The zero-order valence-corrected chi connectivity index (χ0v) is 11.6. The van der Waals surface area contributed by atoms with Crippen LogP contribution < -0.4 is 0 Å². The molecule has 4 heteroatoms. The van der Waals surface area contributed by atoms with Crippen molar-refractivity contribution < 1.29 is 9.18 Å².